The molecule has 1 aliphatic rings. The number of nitrogens with zero attached hydrogens (tertiary/aromatic N) is 2. The fourth-order valence-electron chi connectivity index (χ4n) is 2.31. The third kappa shape index (κ3) is 2.89. The summed E-state index contributed by atoms with van der Waals surface area (Å²) < 4.78 is 0. The Morgan fingerprint density at radius 1 is 1.24 bits per heavy atom. The van der Waals surface area contributed by atoms with Gasteiger partial charge in [-0.1, -0.05) is 17.7 Å². The average Bonchev–Trinajstić information content (AvgIpc) is 2.65. The third-order valence-electron chi connectivity index (χ3n) is 3.44. The van der Waals surface area contributed by atoms with Gasteiger partial charge >= 0.3 is 6.03 Å². The van der Waals surface area contributed by atoms with Crippen LogP contribution in [-0.2, 0) is 9.59 Å². The molecule has 1 atom stereocenters. The number of nitrogens with one attached hydrogen (secondary N) is 1. The Kier molecular flexibility index (Phi) is 4.26. The maximum atomic E-state index is 12.4. The number of aryl methyl sites for hydroxylation is 1. The van der Waals surface area contributed by atoms with E-state index in [4.69, 9.17) is 0 Å². The summed E-state index contributed by atoms with van der Waals surface area (Å²) in [6.07, 6.45) is 0. The smallest absolute Gasteiger partial charge is 0.332 e. The normalized spacial score (nSPS) is 18.3. The van der Waals surface area contributed by atoms with Gasteiger partial charge in [0.2, 0.25) is 5.91 Å². The highest BCUT2D eigenvalue weighted by molar-refractivity contribution is 6.15. The molecule has 0 aromatic heterocycles. The SMILES string of the molecule is CCNC(=O)CN1C(=O)[C@H](C)N(c2ccc(C)cc2)C1=O. The number of imide groups is 1. The first kappa shape index (κ1) is 15.0. The zero-order valence-electron chi connectivity index (χ0n) is 12.4. The van der Waals surface area contributed by atoms with E-state index in [2.05, 4.69) is 5.32 Å². The molecule has 1 N–H and O–H groups in total. The van der Waals surface area contributed by atoms with Gasteiger partial charge in [0, 0.05) is 12.2 Å². The lowest BCUT2D eigenvalue weighted by Gasteiger charge is -2.19. The minimum atomic E-state index is -0.602. The maximum Gasteiger partial charge on any atom is 0.332 e. The molecule has 1 heterocycles. The summed E-state index contributed by atoms with van der Waals surface area (Å²) in [5.41, 5.74) is 1.73. The fourth-order valence-corrected chi connectivity index (χ4v) is 2.31. The lowest BCUT2D eigenvalue weighted by Crippen LogP contribution is -2.41. The van der Waals surface area contributed by atoms with Crippen LogP contribution in [0.25, 0.3) is 0 Å². The molecular weight excluding hydrogens is 270 g/mol. The van der Waals surface area contributed by atoms with Crippen molar-refractivity contribution in [3.05, 3.63) is 29.8 Å². The second kappa shape index (κ2) is 5.95. The molecule has 4 amide bonds. The largest absolute Gasteiger partial charge is 0.355 e. The first-order valence-electron chi connectivity index (χ1n) is 6.93. The minimum absolute atomic E-state index is 0.238. The first-order valence-corrected chi connectivity index (χ1v) is 6.93. The Labute approximate surface area is 123 Å². The Hall–Kier alpha value is -2.37. The second-order valence-corrected chi connectivity index (χ2v) is 5.04. The topological polar surface area (TPSA) is 69.7 Å². The monoisotopic (exact) mass is 289 g/mol. The number of carbonyl (C=O) groups excluding carboxylic acids is 3. The molecule has 0 unspecified atom stereocenters. The van der Waals surface area contributed by atoms with Gasteiger partial charge in [0.25, 0.3) is 5.91 Å². The van der Waals surface area contributed by atoms with Crippen LogP contribution < -0.4 is 10.2 Å². The lowest BCUT2D eigenvalue weighted by molar-refractivity contribution is -0.131. The van der Waals surface area contributed by atoms with E-state index >= 15 is 0 Å². The van der Waals surface area contributed by atoms with Crippen LogP contribution in [0.1, 0.15) is 19.4 Å². The minimum Gasteiger partial charge on any atom is -0.355 e. The Bertz CT molecular complexity index is 568. The molecule has 0 spiro atoms. The summed E-state index contributed by atoms with van der Waals surface area (Å²) in [5, 5.41) is 2.59. The van der Waals surface area contributed by atoms with Gasteiger partial charge in [-0.15, -0.1) is 0 Å². The third-order valence-corrected chi connectivity index (χ3v) is 3.44. The van der Waals surface area contributed by atoms with Gasteiger partial charge in [-0.25, -0.2) is 4.79 Å². The number of hydrogen-bond acceptors (Lipinski definition) is 3. The Morgan fingerprint density at radius 2 is 1.86 bits per heavy atom. The van der Waals surface area contributed by atoms with Gasteiger partial charge in [0.1, 0.15) is 12.6 Å². The molecule has 2 rings (SSSR count). The molecular formula is C15H19N3O3. The van der Waals surface area contributed by atoms with Crippen molar-refractivity contribution < 1.29 is 14.4 Å². The highest BCUT2D eigenvalue weighted by Crippen LogP contribution is 2.25. The number of rotatable bonds is 4. The number of benzene rings is 1. The van der Waals surface area contributed by atoms with Gasteiger partial charge in [0.15, 0.2) is 0 Å². The van der Waals surface area contributed by atoms with Crippen molar-refractivity contribution in [1.82, 2.24) is 10.2 Å². The number of hydrogen-bond donors (Lipinski definition) is 1. The van der Waals surface area contributed by atoms with Gasteiger partial charge in [-0.2, -0.15) is 0 Å². The van der Waals surface area contributed by atoms with Crippen LogP contribution in [0, 0.1) is 6.92 Å². The van der Waals surface area contributed by atoms with Crippen LogP contribution in [0.15, 0.2) is 24.3 Å². The number of amides is 4. The van der Waals surface area contributed by atoms with Crippen molar-refractivity contribution in [2.45, 2.75) is 26.8 Å². The van der Waals surface area contributed by atoms with Crippen molar-refractivity contribution in [1.29, 1.82) is 0 Å². The highest BCUT2D eigenvalue weighted by Gasteiger charge is 2.43. The van der Waals surface area contributed by atoms with Crippen LogP contribution >= 0.6 is 0 Å². The zero-order valence-corrected chi connectivity index (χ0v) is 12.4. The zero-order chi connectivity index (χ0) is 15.6. The summed E-state index contributed by atoms with van der Waals surface area (Å²) in [7, 11) is 0. The van der Waals surface area contributed by atoms with Crippen molar-refractivity contribution >= 4 is 23.5 Å². The van der Waals surface area contributed by atoms with Gasteiger partial charge in [-0.05, 0) is 32.9 Å². The van der Waals surface area contributed by atoms with E-state index in [1.54, 1.807) is 26.0 Å². The van der Waals surface area contributed by atoms with E-state index in [9.17, 15) is 14.4 Å². The molecule has 1 aromatic rings. The van der Waals surface area contributed by atoms with Crippen LogP contribution in [0.4, 0.5) is 10.5 Å². The van der Waals surface area contributed by atoms with Crippen LogP contribution in [0.5, 0.6) is 0 Å². The quantitative estimate of drug-likeness (QED) is 0.849. The number of carbonyl (C=O) groups is 3. The number of likely N-dealkylation sites (N-methyl/N-ethyl adjacent to an activating group) is 1. The van der Waals surface area contributed by atoms with Crippen LogP contribution in [0.3, 0.4) is 0 Å². The molecule has 0 radical (unpaired) electrons. The van der Waals surface area contributed by atoms with Crippen LogP contribution in [-0.4, -0.2) is 41.9 Å². The van der Waals surface area contributed by atoms with E-state index in [0.717, 1.165) is 10.5 Å². The molecule has 1 fully saturated rings. The number of urea groups is 1. The molecule has 1 saturated heterocycles. The van der Waals surface area contributed by atoms with Gasteiger partial charge < -0.3 is 5.32 Å². The summed E-state index contributed by atoms with van der Waals surface area (Å²) in [6.45, 7) is 5.63. The lowest BCUT2D eigenvalue weighted by atomic mass is 10.2. The summed E-state index contributed by atoms with van der Waals surface area (Å²) in [5.74, 6) is -0.691. The fraction of sp³-hybridized carbons (Fsp3) is 0.400. The molecule has 1 aliphatic heterocycles. The van der Waals surface area contributed by atoms with E-state index < -0.39 is 12.1 Å². The van der Waals surface area contributed by atoms with Crippen molar-refractivity contribution in [3.8, 4) is 0 Å². The van der Waals surface area contributed by atoms with Crippen LogP contribution in [0.2, 0.25) is 0 Å². The van der Waals surface area contributed by atoms with Crippen molar-refractivity contribution in [2.24, 2.45) is 0 Å². The molecule has 21 heavy (non-hydrogen) atoms. The highest BCUT2D eigenvalue weighted by atomic mass is 16.2. The van der Waals surface area contributed by atoms with E-state index in [-0.39, 0.29) is 18.4 Å². The summed E-state index contributed by atoms with van der Waals surface area (Å²) >= 11 is 0. The molecule has 1 aromatic carbocycles. The molecule has 6 nitrogen and oxygen atoms in total. The van der Waals surface area contributed by atoms with Crippen molar-refractivity contribution in [3.63, 3.8) is 0 Å². The molecule has 0 aliphatic carbocycles. The predicted octanol–water partition coefficient (Wildman–Crippen LogP) is 1.29. The molecule has 112 valence electrons. The summed E-state index contributed by atoms with van der Waals surface area (Å²) in [4.78, 5) is 38.6. The second-order valence-electron chi connectivity index (χ2n) is 5.04. The molecule has 0 bridgehead atoms. The van der Waals surface area contributed by atoms with Gasteiger partial charge in [0.05, 0.1) is 0 Å². The Balaban J connectivity index is 2.21. The first-order chi connectivity index (χ1) is 9.95. The predicted molar refractivity (Wildman–Crippen MR) is 78.9 cm³/mol. The van der Waals surface area contributed by atoms with Gasteiger partial charge in [-0.3, -0.25) is 19.4 Å². The van der Waals surface area contributed by atoms with E-state index in [1.807, 2.05) is 19.1 Å². The van der Waals surface area contributed by atoms with E-state index in [0.29, 0.717) is 12.2 Å². The van der Waals surface area contributed by atoms with Crippen molar-refractivity contribution in [2.75, 3.05) is 18.0 Å². The summed E-state index contributed by atoms with van der Waals surface area (Å²) in [6, 6.07) is 6.30. The standard InChI is InChI=1S/C15H19N3O3/c1-4-16-13(19)9-17-14(20)11(3)18(15(17)21)12-7-5-10(2)6-8-12/h5-8,11H,4,9H2,1-3H3,(H,16,19)/t11-/m0/s1. The Morgan fingerprint density at radius 3 is 2.43 bits per heavy atom. The van der Waals surface area contributed by atoms with E-state index in [1.165, 1.54) is 4.90 Å². The number of anilines is 1. The average molecular weight is 289 g/mol. The maximum absolute atomic E-state index is 12.4. The molecule has 0 saturated carbocycles. The molecule has 6 heteroatoms.